The maximum Gasteiger partial charge on any atom is 0.150 e. The van der Waals surface area contributed by atoms with Crippen LogP contribution in [0.5, 0.6) is 0 Å². The van der Waals surface area contributed by atoms with Gasteiger partial charge in [0.2, 0.25) is 0 Å². The largest absolute Gasteiger partial charge is 0.379 e. The number of thioether (sulfide) groups is 1. The first kappa shape index (κ1) is 14.8. The Balaban J connectivity index is 1.87. The molecule has 0 radical (unpaired) electrons. The molecule has 5 heteroatoms. The summed E-state index contributed by atoms with van der Waals surface area (Å²) in [5, 5.41) is 0. The van der Waals surface area contributed by atoms with Gasteiger partial charge in [0, 0.05) is 25.4 Å². The summed E-state index contributed by atoms with van der Waals surface area (Å²) in [7, 11) is -1.32. The van der Waals surface area contributed by atoms with E-state index in [9.17, 15) is 0 Å². The van der Waals surface area contributed by atoms with E-state index >= 15 is 0 Å². The number of hydrogen-bond acceptors (Lipinski definition) is 3. The summed E-state index contributed by atoms with van der Waals surface area (Å²) in [5.41, 5.74) is 0. The minimum atomic E-state index is -1.32. The van der Waals surface area contributed by atoms with Crippen molar-refractivity contribution in [3.05, 3.63) is 0 Å². The van der Waals surface area contributed by atoms with Crippen LogP contribution in [-0.4, -0.2) is 56.6 Å². The molecule has 1 aliphatic rings. The van der Waals surface area contributed by atoms with E-state index in [1.165, 1.54) is 30.5 Å². The molecule has 0 aromatic carbocycles. The summed E-state index contributed by atoms with van der Waals surface area (Å²) in [4.78, 5) is 2.50. The second-order valence-corrected chi connectivity index (χ2v) is 13.1. The van der Waals surface area contributed by atoms with Gasteiger partial charge in [-0.15, -0.1) is 0 Å². The van der Waals surface area contributed by atoms with Gasteiger partial charge in [-0.05, 0) is 18.2 Å². The zero-order valence-electron chi connectivity index (χ0n) is 10.5. The first-order chi connectivity index (χ1) is 7.58. The summed E-state index contributed by atoms with van der Waals surface area (Å²) in [5.74, 6) is 2.53. The van der Waals surface area contributed by atoms with Gasteiger partial charge in [-0.2, -0.15) is 22.8 Å². The maximum absolute atomic E-state index is 6.28. The van der Waals surface area contributed by atoms with Crippen LogP contribution in [0.25, 0.3) is 0 Å². The molecule has 0 aromatic heterocycles. The first-order valence-electron chi connectivity index (χ1n) is 6.15. The Morgan fingerprint density at radius 1 is 1.25 bits per heavy atom. The van der Waals surface area contributed by atoms with E-state index in [0.717, 1.165) is 26.3 Å². The summed E-state index contributed by atoms with van der Waals surface area (Å²) in [6.45, 7) is 9.73. The Kier molecular flexibility index (Phi) is 7.40. The topological polar surface area (TPSA) is 12.5 Å². The summed E-state index contributed by atoms with van der Waals surface area (Å²) >= 11 is 8.34. The van der Waals surface area contributed by atoms with E-state index in [0.29, 0.717) is 0 Å². The zero-order chi connectivity index (χ0) is 11.9. The number of hydrogen-bond donors (Lipinski definition) is 0. The fourth-order valence-electron chi connectivity index (χ4n) is 1.72. The van der Waals surface area contributed by atoms with E-state index in [4.69, 9.17) is 15.8 Å². The van der Waals surface area contributed by atoms with E-state index in [-0.39, 0.29) is 0 Å². The van der Waals surface area contributed by atoms with Crippen molar-refractivity contribution < 1.29 is 4.74 Å². The Labute approximate surface area is 110 Å². The fourth-order valence-corrected chi connectivity index (χ4v) is 4.33. The molecule has 0 unspecified atom stereocenters. The quantitative estimate of drug-likeness (QED) is 0.404. The van der Waals surface area contributed by atoms with Crippen LogP contribution in [0, 0.1) is 0 Å². The number of nitrogens with zero attached hydrogens (tertiary/aromatic N) is 1. The number of ether oxygens (including phenoxy) is 1. The van der Waals surface area contributed by atoms with Gasteiger partial charge in [-0.25, -0.2) is 0 Å². The van der Waals surface area contributed by atoms with Crippen molar-refractivity contribution in [2.75, 3.05) is 44.4 Å². The maximum atomic E-state index is 6.28. The molecule has 1 fully saturated rings. The highest BCUT2D eigenvalue weighted by atomic mass is 35.6. The second-order valence-electron chi connectivity index (χ2n) is 4.89. The van der Waals surface area contributed by atoms with Crippen LogP contribution in [0.4, 0.5) is 0 Å². The van der Waals surface area contributed by atoms with Crippen LogP contribution in [0.2, 0.25) is 19.1 Å². The highest BCUT2D eigenvalue weighted by Gasteiger charge is 2.15. The Morgan fingerprint density at radius 2 is 1.94 bits per heavy atom. The lowest BCUT2D eigenvalue weighted by molar-refractivity contribution is 0.0410. The average molecular weight is 282 g/mol. The summed E-state index contributed by atoms with van der Waals surface area (Å²) in [6, 6.07) is 1.25. The van der Waals surface area contributed by atoms with Crippen molar-refractivity contribution in [3.8, 4) is 0 Å². The SMILES string of the molecule is C[Si](C)(Cl)CCCSCCN1CCOCC1. The van der Waals surface area contributed by atoms with Crippen LogP contribution in [0.15, 0.2) is 0 Å². The lowest BCUT2D eigenvalue weighted by Gasteiger charge is -2.26. The van der Waals surface area contributed by atoms with Gasteiger partial charge >= 0.3 is 0 Å². The standard InChI is InChI=1S/C11H24ClNOSSi/c1-16(2,12)11-3-9-15-10-6-13-4-7-14-8-5-13/h3-11H2,1-2H3. The predicted molar refractivity (Wildman–Crippen MR) is 77.3 cm³/mol. The van der Waals surface area contributed by atoms with Gasteiger partial charge in [0.15, 0.2) is 7.38 Å². The summed E-state index contributed by atoms with van der Waals surface area (Å²) in [6.07, 6.45) is 1.29. The lowest BCUT2D eigenvalue weighted by Crippen LogP contribution is -2.37. The van der Waals surface area contributed by atoms with Crippen molar-refractivity contribution in [1.82, 2.24) is 4.90 Å². The van der Waals surface area contributed by atoms with Gasteiger partial charge in [0.1, 0.15) is 0 Å². The van der Waals surface area contributed by atoms with Crippen LogP contribution in [0.3, 0.4) is 0 Å². The van der Waals surface area contributed by atoms with Crippen molar-refractivity contribution in [1.29, 1.82) is 0 Å². The van der Waals surface area contributed by atoms with E-state index in [1.54, 1.807) is 0 Å². The van der Waals surface area contributed by atoms with E-state index in [2.05, 4.69) is 29.8 Å². The molecule has 0 amide bonds. The smallest absolute Gasteiger partial charge is 0.150 e. The Morgan fingerprint density at radius 3 is 2.56 bits per heavy atom. The number of morpholine rings is 1. The van der Waals surface area contributed by atoms with Crippen LogP contribution < -0.4 is 0 Å². The molecule has 96 valence electrons. The normalized spacial score (nSPS) is 18.9. The molecule has 2 nitrogen and oxygen atoms in total. The minimum absolute atomic E-state index is 0.913. The molecule has 16 heavy (non-hydrogen) atoms. The van der Waals surface area contributed by atoms with Gasteiger partial charge in [0.05, 0.1) is 13.2 Å². The molecule has 1 saturated heterocycles. The number of rotatable bonds is 7. The molecular formula is C11H24ClNOSSi. The molecule has 1 heterocycles. The Hall–Kier alpha value is 0.777. The van der Waals surface area contributed by atoms with E-state index in [1.807, 2.05) is 0 Å². The monoisotopic (exact) mass is 281 g/mol. The van der Waals surface area contributed by atoms with Crippen molar-refractivity contribution in [2.24, 2.45) is 0 Å². The van der Waals surface area contributed by atoms with Crippen molar-refractivity contribution in [3.63, 3.8) is 0 Å². The fraction of sp³-hybridized carbons (Fsp3) is 1.00. The van der Waals surface area contributed by atoms with Crippen LogP contribution in [0.1, 0.15) is 6.42 Å². The molecular weight excluding hydrogens is 258 g/mol. The van der Waals surface area contributed by atoms with Crippen LogP contribution in [-0.2, 0) is 4.74 Å². The Bertz CT molecular complexity index is 183. The highest BCUT2D eigenvalue weighted by molar-refractivity contribution is 7.99. The average Bonchev–Trinajstić information content (AvgIpc) is 2.23. The molecule has 0 saturated carbocycles. The van der Waals surface area contributed by atoms with Gasteiger partial charge < -0.3 is 4.74 Å². The van der Waals surface area contributed by atoms with Gasteiger partial charge in [-0.1, -0.05) is 13.1 Å². The molecule has 0 aliphatic carbocycles. The third kappa shape index (κ3) is 7.95. The molecule has 1 rings (SSSR count). The molecule has 0 atom stereocenters. The molecule has 0 aromatic rings. The lowest BCUT2D eigenvalue weighted by atomic mass is 10.4. The predicted octanol–water partition coefficient (Wildman–Crippen LogP) is 2.89. The molecule has 1 aliphatic heterocycles. The molecule has 0 bridgehead atoms. The third-order valence-corrected chi connectivity index (χ3v) is 5.87. The minimum Gasteiger partial charge on any atom is -0.379 e. The van der Waals surface area contributed by atoms with Gasteiger partial charge in [0.25, 0.3) is 0 Å². The zero-order valence-corrected chi connectivity index (χ0v) is 13.1. The third-order valence-electron chi connectivity index (χ3n) is 2.72. The van der Waals surface area contributed by atoms with Crippen molar-refractivity contribution in [2.45, 2.75) is 25.6 Å². The summed E-state index contributed by atoms with van der Waals surface area (Å²) < 4.78 is 5.32. The van der Waals surface area contributed by atoms with Gasteiger partial charge in [-0.3, -0.25) is 4.90 Å². The van der Waals surface area contributed by atoms with Crippen LogP contribution >= 0.6 is 22.8 Å². The highest BCUT2D eigenvalue weighted by Crippen LogP contribution is 2.18. The molecule has 0 N–H and O–H groups in total. The van der Waals surface area contributed by atoms with Crippen molar-refractivity contribution >= 4 is 30.2 Å². The second kappa shape index (κ2) is 7.98. The van der Waals surface area contributed by atoms with E-state index < -0.39 is 7.38 Å². The molecule has 0 spiro atoms. The number of halogens is 1. The first-order valence-corrected chi connectivity index (χ1v) is 11.5.